The molecule has 0 aliphatic heterocycles. The first-order chi connectivity index (χ1) is 13.2. The minimum absolute atomic E-state index is 0.0738. The number of anilines is 1. The normalized spacial score (nSPS) is 10.3. The second kappa shape index (κ2) is 8.75. The lowest BCUT2D eigenvalue weighted by Gasteiger charge is -2.09. The summed E-state index contributed by atoms with van der Waals surface area (Å²) in [6.07, 6.45) is 3.69. The summed E-state index contributed by atoms with van der Waals surface area (Å²) in [5.74, 6) is 1.97. The number of nitrogens with zero attached hydrogens (tertiary/aromatic N) is 3. The molecule has 0 unspecified atom stereocenters. The summed E-state index contributed by atoms with van der Waals surface area (Å²) in [5, 5.41) is 5.93. The van der Waals surface area contributed by atoms with Crippen molar-refractivity contribution in [2.45, 2.75) is 13.0 Å². The first-order valence-electron chi connectivity index (χ1n) is 8.53. The van der Waals surface area contributed by atoms with E-state index in [1.165, 1.54) is 0 Å². The van der Waals surface area contributed by atoms with Crippen LogP contribution in [0.5, 0.6) is 5.75 Å². The molecule has 27 heavy (non-hydrogen) atoms. The molecule has 0 radical (unpaired) electrons. The van der Waals surface area contributed by atoms with Crippen molar-refractivity contribution in [3.8, 4) is 17.1 Å². The van der Waals surface area contributed by atoms with Crippen LogP contribution in [0.15, 0.2) is 54.9 Å². The second-order valence-corrected chi connectivity index (χ2v) is 5.86. The molecule has 0 spiro atoms. The molecule has 0 fully saturated rings. The Balaban J connectivity index is 1.66. The van der Waals surface area contributed by atoms with E-state index < -0.39 is 0 Å². The van der Waals surface area contributed by atoms with Crippen LogP contribution in [0.4, 0.5) is 5.82 Å². The summed E-state index contributed by atoms with van der Waals surface area (Å²) in [4.78, 5) is 25.3. The number of benzene rings is 1. The maximum Gasteiger partial charge on any atom is 0.224 e. The molecule has 138 valence electrons. The van der Waals surface area contributed by atoms with Crippen molar-refractivity contribution in [3.63, 3.8) is 0 Å². The highest BCUT2D eigenvalue weighted by atomic mass is 16.5. The summed E-state index contributed by atoms with van der Waals surface area (Å²) in [6.45, 7) is 0.324. The number of amides is 1. The highest BCUT2D eigenvalue weighted by Gasteiger charge is 2.09. The molecule has 1 aromatic carbocycles. The molecule has 0 saturated carbocycles. The maximum absolute atomic E-state index is 12.2. The van der Waals surface area contributed by atoms with E-state index in [2.05, 4.69) is 25.6 Å². The van der Waals surface area contributed by atoms with E-state index in [9.17, 15) is 4.79 Å². The third kappa shape index (κ3) is 5.01. The second-order valence-electron chi connectivity index (χ2n) is 5.86. The molecular weight excluding hydrogens is 342 g/mol. The lowest BCUT2D eigenvalue weighted by atomic mass is 10.1. The van der Waals surface area contributed by atoms with E-state index in [0.717, 1.165) is 22.6 Å². The van der Waals surface area contributed by atoms with Gasteiger partial charge in [-0.25, -0.2) is 9.97 Å². The topological polar surface area (TPSA) is 89.0 Å². The summed E-state index contributed by atoms with van der Waals surface area (Å²) in [6, 6.07) is 13.0. The van der Waals surface area contributed by atoms with Crippen molar-refractivity contribution in [1.29, 1.82) is 0 Å². The summed E-state index contributed by atoms with van der Waals surface area (Å²) in [7, 11) is 3.41. The van der Waals surface area contributed by atoms with E-state index in [0.29, 0.717) is 24.6 Å². The summed E-state index contributed by atoms with van der Waals surface area (Å²) < 4.78 is 5.12. The number of rotatable bonds is 7. The van der Waals surface area contributed by atoms with Crippen LogP contribution in [0, 0.1) is 0 Å². The van der Waals surface area contributed by atoms with Crippen LogP contribution < -0.4 is 15.4 Å². The molecule has 2 aromatic heterocycles. The SMILES string of the molecule is CNc1cc(CNC(=O)Cc2ccc(OC)cc2)nc(-c2ccncc2)n1. The number of pyridine rings is 1. The average Bonchev–Trinajstić information content (AvgIpc) is 2.73. The van der Waals surface area contributed by atoms with E-state index in [1.807, 2.05) is 42.5 Å². The Bertz CT molecular complexity index is 898. The van der Waals surface area contributed by atoms with E-state index in [-0.39, 0.29) is 5.91 Å². The number of aromatic nitrogens is 3. The van der Waals surface area contributed by atoms with Gasteiger partial charge in [0.15, 0.2) is 5.82 Å². The molecule has 0 atom stereocenters. The zero-order chi connectivity index (χ0) is 19.1. The Morgan fingerprint density at radius 3 is 2.48 bits per heavy atom. The minimum atomic E-state index is -0.0738. The predicted molar refractivity (Wildman–Crippen MR) is 103 cm³/mol. The number of carbonyl (C=O) groups is 1. The molecule has 0 aliphatic carbocycles. The lowest BCUT2D eigenvalue weighted by molar-refractivity contribution is -0.120. The van der Waals surface area contributed by atoms with Crippen LogP contribution in [-0.2, 0) is 17.8 Å². The van der Waals surface area contributed by atoms with Crippen LogP contribution in [0.2, 0.25) is 0 Å². The van der Waals surface area contributed by atoms with Crippen LogP contribution in [0.25, 0.3) is 11.4 Å². The standard InChI is InChI=1S/C20H21N5O2/c1-21-18-12-16(24-20(25-18)15-7-9-22-10-8-15)13-23-19(26)11-14-3-5-17(27-2)6-4-14/h3-10,12H,11,13H2,1-2H3,(H,23,26)(H,21,24,25). The Labute approximate surface area is 157 Å². The molecule has 2 heterocycles. The van der Waals surface area contributed by atoms with Gasteiger partial charge < -0.3 is 15.4 Å². The van der Waals surface area contributed by atoms with Crippen LogP contribution in [0.1, 0.15) is 11.3 Å². The molecule has 7 heteroatoms. The molecule has 0 saturated heterocycles. The molecule has 2 N–H and O–H groups in total. The Morgan fingerprint density at radius 1 is 1.07 bits per heavy atom. The third-order valence-corrected chi connectivity index (χ3v) is 3.96. The molecule has 3 rings (SSSR count). The highest BCUT2D eigenvalue weighted by molar-refractivity contribution is 5.78. The maximum atomic E-state index is 12.2. The zero-order valence-electron chi connectivity index (χ0n) is 15.3. The zero-order valence-corrected chi connectivity index (χ0v) is 15.3. The molecule has 7 nitrogen and oxygen atoms in total. The summed E-state index contributed by atoms with van der Waals surface area (Å²) >= 11 is 0. The number of carbonyl (C=O) groups excluding carboxylic acids is 1. The van der Waals surface area contributed by atoms with Crippen molar-refractivity contribution in [2.24, 2.45) is 0 Å². The Morgan fingerprint density at radius 2 is 1.81 bits per heavy atom. The minimum Gasteiger partial charge on any atom is -0.497 e. The first kappa shape index (κ1) is 18.3. The van der Waals surface area contributed by atoms with E-state index >= 15 is 0 Å². The number of hydrogen-bond donors (Lipinski definition) is 2. The number of ether oxygens (including phenoxy) is 1. The third-order valence-electron chi connectivity index (χ3n) is 3.96. The molecular formula is C20H21N5O2. The monoisotopic (exact) mass is 363 g/mol. The van der Waals surface area contributed by atoms with Gasteiger partial charge in [-0.1, -0.05) is 12.1 Å². The predicted octanol–water partition coefficient (Wildman–Crippen LogP) is 2.45. The molecule has 1 amide bonds. The van der Waals surface area contributed by atoms with Crippen LogP contribution in [0.3, 0.4) is 0 Å². The van der Waals surface area contributed by atoms with Gasteiger partial charge in [-0.15, -0.1) is 0 Å². The van der Waals surface area contributed by atoms with Crippen molar-refractivity contribution in [1.82, 2.24) is 20.3 Å². The fourth-order valence-electron chi connectivity index (χ4n) is 2.53. The Kier molecular flexibility index (Phi) is 5.94. The van der Waals surface area contributed by atoms with Crippen molar-refractivity contribution >= 4 is 11.7 Å². The molecule has 0 bridgehead atoms. The fraction of sp³-hybridized carbons (Fsp3) is 0.200. The van der Waals surface area contributed by atoms with Gasteiger partial charge in [0.1, 0.15) is 11.6 Å². The van der Waals surface area contributed by atoms with Crippen molar-refractivity contribution in [2.75, 3.05) is 19.5 Å². The van der Waals surface area contributed by atoms with Gasteiger partial charge in [-0.2, -0.15) is 0 Å². The molecule has 0 aliphatic rings. The van der Waals surface area contributed by atoms with Crippen molar-refractivity contribution < 1.29 is 9.53 Å². The summed E-state index contributed by atoms with van der Waals surface area (Å²) in [5.41, 5.74) is 2.52. The lowest BCUT2D eigenvalue weighted by Crippen LogP contribution is -2.25. The van der Waals surface area contributed by atoms with Gasteiger partial charge in [0.25, 0.3) is 0 Å². The van der Waals surface area contributed by atoms with Gasteiger partial charge >= 0.3 is 0 Å². The smallest absolute Gasteiger partial charge is 0.224 e. The fourth-order valence-corrected chi connectivity index (χ4v) is 2.53. The van der Waals surface area contributed by atoms with Gasteiger partial charge in [0.2, 0.25) is 5.91 Å². The average molecular weight is 363 g/mol. The Hall–Kier alpha value is -3.48. The highest BCUT2D eigenvalue weighted by Crippen LogP contribution is 2.17. The van der Waals surface area contributed by atoms with Crippen LogP contribution >= 0.6 is 0 Å². The number of methoxy groups -OCH3 is 1. The van der Waals surface area contributed by atoms with Gasteiger partial charge in [0, 0.05) is 31.1 Å². The molecule has 3 aromatic rings. The van der Waals surface area contributed by atoms with E-state index in [1.54, 1.807) is 26.6 Å². The first-order valence-corrected chi connectivity index (χ1v) is 8.53. The number of nitrogens with one attached hydrogen (secondary N) is 2. The van der Waals surface area contributed by atoms with Gasteiger partial charge in [-0.3, -0.25) is 9.78 Å². The quantitative estimate of drug-likeness (QED) is 0.670. The van der Waals surface area contributed by atoms with E-state index in [4.69, 9.17) is 4.74 Å². The van der Waals surface area contributed by atoms with Crippen molar-refractivity contribution in [3.05, 3.63) is 66.1 Å². The number of hydrogen-bond acceptors (Lipinski definition) is 6. The largest absolute Gasteiger partial charge is 0.497 e. The van der Waals surface area contributed by atoms with Gasteiger partial charge in [0.05, 0.1) is 25.8 Å². The van der Waals surface area contributed by atoms with Gasteiger partial charge in [-0.05, 0) is 29.8 Å². The van der Waals surface area contributed by atoms with Crippen LogP contribution in [-0.4, -0.2) is 35.0 Å².